The van der Waals surface area contributed by atoms with Crippen LogP contribution in [0.1, 0.15) is 29.1 Å². The van der Waals surface area contributed by atoms with Crippen molar-refractivity contribution in [3.05, 3.63) is 210 Å². The van der Waals surface area contributed by atoms with Crippen LogP contribution in [0.5, 0.6) is 0 Å². The normalized spacial score (nSPS) is 14.4. The molecule has 0 amide bonds. The van der Waals surface area contributed by atoms with Crippen molar-refractivity contribution in [1.29, 1.82) is 0 Å². The van der Waals surface area contributed by atoms with Gasteiger partial charge in [0.1, 0.15) is 11.2 Å². The van der Waals surface area contributed by atoms with Crippen LogP contribution in [0, 0.1) is 0 Å². The molecule has 2 aromatic heterocycles. The number of furan rings is 1. The molecule has 10 aromatic rings. The molecule has 0 fully saturated rings. The standard InChI is InChI=1S/C52H31N3O/c1-2-15-32(16-3-1)49-53-50(55-51(54-49)42-24-14-23-41-40-22-9-13-28-47(40)56-48(41)42)33-29-30-39-35-18-5-4-17-34(35)36-19-6-10-25-43(36)52(46(39)31-33)44-26-11-7-20-37(44)38-21-8-12-27-45(38)52/h1-31H/i1D,2D,3D,15D,16D. The first-order valence-corrected chi connectivity index (χ1v) is 18.6. The minimum absolute atomic E-state index is 0.0398. The van der Waals surface area contributed by atoms with E-state index < -0.39 is 35.6 Å². The van der Waals surface area contributed by atoms with Crippen molar-refractivity contribution in [3.63, 3.8) is 0 Å². The van der Waals surface area contributed by atoms with E-state index in [-0.39, 0.29) is 23.0 Å². The molecule has 0 N–H and O–H groups in total. The van der Waals surface area contributed by atoms with Gasteiger partial charge in [-0.15, -0.1) is 0 Å². The molecule has 12 rings (SSSR count). The number of hydrogen-bond donors (Lipinski definition) is 0. The topological polar surface area (TPSA) is 51.8 Å². The second-order valence-electron chi connectivity index (χ2n) is 14.3. The zero-order valence-electron chi connectivity index (χ0n) is 34.8. The smallest absolute Gasteiger partial charge is 0.167 e. The number of fused-ring (bicyclic) bond motifs is 15. The molecule has 0 aliphatic heterocycles. The number of nitrogens with zero attached hydrogens (tertiary/aromatic N) is 3. The molecule has 2 aliphatic carbocycles. The third-order valence-electron chi connectivity index (χ3n) is 11.5. The lowest BCUT2D eigenvalue weighted by molar-refractivity contribution is 0.669. The van der Waals surface area contributed by atoms with E-state index in [1.807, 2.05) is 48.5 Å². The van der Waals surface area contributed by atoms with Crippen molar-refractivity contribution in [2.45, 2.75) is 5.41 Å². The van der Waals surface area contributed by atoms with E-state index in [4.69, 9.17) is 26.2 Å². The van der Waals surface area contributed by atoms with Gasteiger partial charge >= 0.3 is 0 Å². The first-order chi connectivity index (χ1) is 29.8. The highest BCUT2D eigenvalue weighted by atomic mass is 16.3. The van der Waals surface area contributed by atoms with Crippen molar-refractivity contribution < 1.29 is 11.3 Å². The zero-order valence-corrected chi connectivity index (χ0v) is 29.8. The van der Waals surface area contributed by atoms with Crippen LogP contribution >= 0.6 is 0 Å². The molecule has 0 saturated carbocycles. The van der Waals surface area contributed by atoms with Crippen LogP contribution in [0.15, 0.2) is 192 Å². The second kappa shape index (κ2) is 11.8. The lowest BCUT2D eigenvalue weighted by atomic mass is 9.65. The van der Waals surface area contributed by atoms with Crippen LogP contribution in [0.4, 0.5) is 0 Å². The highest BCUT2D eigenvalue weighted by Crippen LogP contribution is 2.61. The maximum Gasteiger partial charge on any atom is 0.167 e. The Balaban J connectivity index is 1.19. The van der Waals surface area contributed by atoms with Crippen molar-refractivity contribution in [2.75, 3.05) is 0 Å². The molecular formula is C52H31N3O. The van der Waals surface area contributed by atoms with E-state index in [1.165, 1.54) is 22.3 Å². The van der Waals surface area contributed by atoms with Gasteiger partial charge in [0.2, 0.25) is 0 Å². The van der Waals surface area contributed by atoms with E-state index in [2.05, 4.69) is 109 Å². The molecule has 56 heavy (non-hydrogen) atoms. The average molecular weight is 719 g/mol. The summed E-state index contributed by atoms with van der Waals surface area (Å²) in [5.74, 6) is 0.485. The summed E-state index contributed by atoms with van der Waals surface area (Å²) in [5.41, 5.74) is 13.0. The summed E-state index contributed by atoms with van der Waals surface area (Å²) in [6, 6.07) is 52.2. The molecule has 0 unspecified atom stereocenters. The van der Waals surface area contributed by atoms with Crippen LogP contribution in [0.2, 0.25) is 0 Å². The minimum atomic E-state index is -0.750. The highest BCUT2D eigenvalue weighted by Gasteiger charge is 2.49. The van der Waals surface area contributed by atoms with Crippen molar-refractivity contribution in [3.8, 4) is 67.5 Å². The summed E-state index contributed by atoms with van der Waals surface area (Å²) in [5, 5.41) is 1.82. The lowest BCUT2D eigenvalue weighted by Crippen LogP contribution is -2.29. The monoisotopic (exact) mass is 718 g/mol. The predicted octanol–water partition coefficient (Wildman–Crippen LogP) is 12.8. The maximum absolute atomic E-state index is 8.97. The molecule has 4 nitrogen and oxygen atoms in total. The number of para-hydroxylation sites is 2. The Morgan fingerprint density at radius 2 is 0.893 bits per heavy atom. The highest BCUT2D eigenvalue weighted by molar-refractivity contribution is 6.09. The van der Waals surface area contributed by atoms with Crippen LogP contribution in [-0.4, -0.2) is 15.0 Å². The van der Waals surface area contributed by atoms with Crippen LogP contribution in [0.3, 0.4) is 0 Å². The van der Waals surface area contributed by atoms with E-state index in [1.54, 1.807) is 0 Å². The second-order valence-corrected chi connectivity index (χ2v) is 14.3. The fourth-order valence-electron chi connectivity index (χ4n) is 9.21. The molecule has 2 aliphatic rings. The van der Waals surface area contributed by atoms with E-state index in [0.29, 0.717) is 22.3 Å². The quantitative estimate of drug-likeness (QED) is 0.182. The van der Waals surface area contributed by atoms with Crippen molar-refractivity contribution in [2.24, 2.45) is 0 Å². The van der Waals surface area contributed by atoms with Gasteiger partial charge in [0, 0.05) is 21.9 Å². The third kappa shape index (κ3) is 4.27. The van der Waals surface area contributed by atoms with Gasteiger partial charge in [-0.3, -0.25) is 0 Å². The fourth-order valence-corrected chi connectivity index (χ4v) is 9.21. The van der Waals surface area contributed by atoms with Gasteiger partial charge in [-0.1, -0.05) is 170 Å². The molecule has 0 radical (unpaired) electrons. The molecule has 4 heteroatoms. The maximum atomic E-state index is 8.97. The van der Waals surface area contributed by atoms with Crippen LogP contribution < -0.4 is 0 Å². The molecule has 8 aromatic carbocycles. The predicted molar refractivity (Wildman–Crippen MR) is 225 cm³/mol. The summed E-state index contributed by atoms with van der Waals surface area (Å²) in [4.78, 5) is 15.1. The van der Waals surface area contributed by atoms with Gasteiger partial charge in [0.15, 0.2) is 17.5 Å². The summed E-state index contributed by atoms with van der Waals surface area (Å²) in [7, 11) is 0. The lowest BCUT2D eigenvalue weighted by Gasteiger charge is -2.35. The summed E-state index contributed by atoms with van der Waals surface area (Å²) in [6.45, 7) is 0. The Hall–Kier alpha value is -7.43. The first kappa shape index (κ1) is 26.4. The molecular weight excluding hydrogens is 683 g/mol. The van der Waals surface area contributed by atoms with Gasteiger partial charge in [0.25, 0.3) is 0 Å². The molecule has 0 atom stereocenters. The summed E-state index contributed by atoms with van der Waals surface area (Å²) < 4.78 is 49.8. The largest absolute Gasteiger partial charge is 0.455 e. The molecule has 1 spiro atoms. The Labute approximate surface area is 330 Å². The van der Waals surface area contributed by atoms with Gasteiger partial charge in [-0.25, -0.2) is 15.0 Å². The van der Waals surface area contributed by atoms with Crippen molar-refractivity contribution >= 4 is 21.9 Å². The average Bonchev–Trinajstić information content (AvgIpc) is 3.81. The molecule has 0 saturated heterocycles. The van der Waals surface area contributed by atoms with Gasteiger partial charge < -0.3 is 4.42 Å². The number of aromatic nitrogens is 3. The number of hydrogen-bond acceptors (Lipinski definition) is 4. The SMILES string of the molecule is [2H]c1c([2H])c([2H])c(-c2nc(-c3ccc4c(c3)C3(c5ccccc5-c5ccccc5-4)c4ccccc4-c4ccccc43)nc(-c3cccc4c3oc3ccccc34)n2)c([2H])c1[2H]. The minimum Gasteiger partial charge on any atom is -0.455 e. The third-order valence-corrected chi connectivity index (χ3v) is 11.5. The molecule has 0 bridgehead atoms. The Kier molecular flexibility index (Phi) is 5.55. The zero-order chi connectivity index (χ0) is 41.1. The van der Waals surface area contributed by atoms with Crippen LogP contribution in [-0.2, 0) is 5.41 Å². The fraction of sp³-hybridized carbons (Fsp3) is 0.0192. The Morgan fingerprint density at radius 3 is 1.57 bits per heavy atom. The van der Waals surface area contributed by atoms with Crippen LogP contribution in [0.25, 0.3) is 89.5 Å². The molecule has 260 valence electrons. The van der Waals surface area contributed by atoms with Gasteiger partial charge in [-0.2, -0.15) is 0 Å². The number of rotatable bonds is 3. The summed E-state index contributed by atoms with van der Waals surface area (Å²) >= 11 is 0. The first-order valence-electron chi connectivity index (χ1n) is 21.1. The van der Waals surface area contributed by atoms with Gasteiger partial charge in [0.05, 0.1) is 17.8 Å². The number of benzene rings is 8. The Bertz CT molecular complexity index is 3450. The summed E-state index contributed by atoms with van der Waals surface area (Å²) in [6.07, 6.45) is 0. The van der Waals surface area contributed by atoms with E-state index in [9.17, 15) is 0 Å². The van der Waals surface area contributed by atoms with E-state index >= 15 is 0 Å². The molecule has 2 heterocycles. The van der Waals surface area contributed by atoms with Gasteiger partial charge in [-0.05, 0) is 73.8 Å². The van der Waals surface area contributed by atoms with Crippen molar-refractivity contribution in [1.82, 2.24) is 15.0 Å². The Morgan fingerprint density at radius 1 is 0.393 bits per heavy atom. The van der Waals surface area contributed by atoms with E-state index in [0.717, 1.165) is 44.2 Å².